The molecule has 1 aliphatic heterocycles. The number of rotatable bonds is 5. The summed E-state index contributed by atoms with van der Waals surface area (Å²) in [7, 11) is 0. The van der Waals surface area contributed by atoms with E-state index in [4.69, 9.17) is 12.2 Å². The lowest BCUT2D eigenvalue weighted by Gasteiger charge is -2.10. The zero-order chi connectivity index (χ0) is 16.1. The zero-order valence-corrected chi connectivity index (χ0v) is 13.1. The van der Waals surface area contributed by atoms with Crippen molar-refractivity contribution in [1.82, 2.24) is 4.90 Å². The molecule has 1 heterocycles. The van der Waals surface area contributed by atoms with Gasteiger partial charge in [-0.05, 0) is 18.2 Å². The number of amides is 1. The van der Waals surface area contributed by atoms with Crippen molar-refractivity contribution in [2.45, 2.75) is 0 Å². The molecule has 22 heavy (non-hydrogen) atoms. The largest absolute Gasteiger partial charge is 0.289 e. The first-order valence-corrected chi connectivity index (χ1v) is 7.53. The molecule has 1 aromatic rings. The molecule has 1 aliphatic rings. The van der Waals surface area contributed by atoms with E-state index in [1.54, 1.807) is 42.5 Å². The first-order chi connectivity index (χ1) is 10.5. The van der Waals surface area contributed by atoms with Crippen molar-refractivity contribution in [3.63, 3.8) is 0 Å². The topological polar surface area (TPSA) is 63.5 Å². The number of hydrogen-bond donors (Lipinski definition) is 0. The number of carbonyl (C=O) groups is 1. The highest BCUT2D eigenvalue weighted by atomic mass is 32.2. The van der Waals surface area contributed by atoms with Gasteiger partial charge in [0.1, 0.15) is 4.32 Å². The van der Waals surface area contributed by atoms with Crippen LogP contribution in [0.2, 0.25) is 0 Å². The van der Waals surface area contributed by atoms with Crippen molar-refractivity contribution in [2.75, 3.05) is 6.54 Å². The van der Waals surface area contributed by atoms with Gasteiger partial charge in [0.05, 0.1) is 15.4 Å². The summed E-state index contributed by atoms with van der Waals surface area (Å²) in [5, 5.41) is 10.9. The third-order valence-electron chi connectivity index (χ3n) is 2.84. The fourth-order valence-electron chi connectivity index (χ4n) is 1.83. The van der Waals surface area contributed by atoms with Crippen molar-refractivity contribution in [1.29, 1.82) is 0 Å². The van der Waals surface area contributed by atoms with Crippen molar-refractivity contribution in [3.05, 3.63) is 69.7 Å². The number of carbonyl (C=O) groups excluding carboxylic acids is 1. The highest BCUT2D eigenvalue weighted by Gasteiger charge is 2.30. The van der Waals surface area contributed by atoms with E-state index in [0.29, 0.717) is 21.3 Å². The van der Waals surface area contributed by atoms with Crippen LogP contribution in [-0.2, 0) is 4.79 Å². The van der Waals surface area contributed by atoms with Crippen molar-refractivity contribution < 1.29 is 9.72 Å². The fourth-order valence-corrected chi connectivity index (χ4v) is 3.06. The molecule has 1 fully saturated rings. The fraction of sp³-hybridized carbons (Fsp3) is 0.0667. The van der Waals surface area contributed by atoms with Crippen LogP contribution in [0.1, 0.15) is 5.56 Å². The van der Waals surface area contributed by atoms with Gasteiger partial charge in [-0.1, -0.05) is 48.3 Å². The Balaban J connectivity index is 2.19. The summed E-state index contributed by atoms with van der Waals surface area (Å²) in [5.74, 6) is -0.179. The maximum atomic E-state index is 12.1. The van der Waals surface area contributed by atoms with E-state index in [9.17, 15) is 14.9 Å². The summed E-state index contributed by atoms with van der Waals surface area (Å²) in [6.07, 6.45) is 6.43. The lowest BCUT2D eigenvalue weighted by molar-refractivity contribution is -0.385. The Labute approximate surface area is 137 Å². The van der Waals surface area contributed by atoms with E-state index in [0.717, 1.165) is 0 Å². The molecule has 0 saturated carbocycles. The van der Waals surface area contributed by atoms with Gasteiger partial charge in [0.2, 0.25) is 0 Å². The molecule has 1 saturated heterocycles. The summed E-state index contributed by atoms with van der Waals surface area (Å²) in [6, 6.07) is 6.40. The standard InChI is InChI=1S/C15H12N2O3S2/c1-2-10-16-14(18)13(22-15(16)21)9-5-7-11-6-3-4-8-12(11)17(19)20/h2-9H,1,10H2/b7-5+,13-9-. The Kier molecular flexibility index (Phi) is 5.24. The maximum Gasteiger partial charge on any atom is 0.276 e. The number of thioether (sulfide) groups is 1. The minimum absolute atomic E-state index is 0.0198. The molecule has 1 aromatic carbocycles. The van der Waals surface area contributed by atoms with Crippen LogP contribution in [-0.4, -0.2) is 26.6 Å². The number of hydrogen-bond acceptors (Lipinski definition) is 5. The molecule has 0 aromatic heterocycles. The molecule has 0 unspecified atom stereocenters. The van der Waals surface area contributed by atoms with Gasteiger partial charge in [0, 0.05) is 12.6 Å². The van der Waals surface area contributed by atoms with Crippen molar-refractivity contribution in [2.24, 2.45) is 0 Å². The third kappa shape index (κ3) is 3.49. The Bertz CT molecular complexity index is 710. The minimum Gasteiger partial charge on any atom is -0.289 e. The zero-order valence-electron chi connectivity index (χ0n) is 11.5. The number of thiocarbonyl (C=S) groups is 1. The van der Waals surface area contributed by atoms with Gasteiger partial charge < -0.3 is 0 Å². The summed E-state index contributed by atoms with van der Waals surface area (Å²) in [5.41, 5.74) is 0.497. The smallest absolute Gasteiger partial charge is 0.276 e. The molecule has 112 valence electrons. The van der Waals surface area contributed by atoms with E-state index in [-0.39, 0.29) is 11.6 Å². The monoisotopic (exact) mass is 332 g/mol. The molecule has 0 spiro atoms. The Morgan fingerprint density at radius 3 is 2.82 bits per heavy atom. The van der Waals surface area contributed by atoms with E-state index < -0.39 is 4.92 Å². The first-order valence-electron chi connectivity index (χ1n) is 6.31. The molecular weight excluding hydrogens is 320 g/mol. The van der Waals surface area contributed by atoms with Crippen LogP contribution < -0.4 is 0 Å². The molecular formula is C15H12N2O3S2. The van der Waals surface area contributed by atoms with Gasteiger partial charge in [0.25, 0.3) is 11.6 Å². The molecule has 7 heteroatoms. The molecule has 1 amide bonds. The van der Waals surface area contributed by atoms with E-state index >= 15 is 0 Å². The second kappa shape index (κ2) is 7.15. The van der Waals surface area contributed by atoms with Crippen LogP contribution in [0.4, 0.5) is 5.69 Å². The lowest BCUT2D eigenvalue weighted by Crippen LogP contribution is -2.27. The number of nitro groups is 1. The quantitative estimate of drug-likeness (QED) is 0.271. The number of benzene rings is 1. The van der Waals surface area contributed by atoms with Crippen LogP contribution >= 0.6 is 24.0 Å². The molecule has 0 bridgehead atoms. The first kappa shape index (κ1) is 16.1. The van der Waals surface area contributed by atoms with E-state index in [1.165, 1.54) is 22.7 Å². The average Bonchev–Trinajstić information content (AvgIpc) is 2.76. The number of para-hydroxylation sites is 1. The Hall–Kier alpha value is -2.25. The van der Waals surface area contributed by atoms with Gasteiger partial charge in [-0.25, -0.2) is 0 Å². The third-order valence-corrected chi connectivity index (χ3v) is 4.24. The molecule has 0 N–H and O–H groups in total. The van der Waals surface area contributed by atoms with Gasteiger partial charge in [-0.2, -0.15) is 0 Å². The molecule has 2 rings (SSSR count). The minimum atomic E-state index is -0.441. The van der Waals surface area contributed by atoms with E-state index in [1.807, 2.05) is 0 Å². The average molecular weight is 332 g/mol. The summed E-state index contributed by atoms with van der Waals surface area (Å²) in [6.45, 7) is 3.96. The number of nitrogens with zero attached hydrogens (tertiary/aromatic N) is 2. The molecule has 0 aliphatic carbocycles. The van der Waals surface area contributed by atoms with Gasteiger partial charge in [0.15, 0.2) is 0 Å². The second-order valence-electron chi connectivity index (χ2n) is 4.28. The summed E-state index contributed by atoms with van der Waals surface area (Å²) >= 11 is 6.33. The van der Waals surface area contributed by atoms with Gasteiger partial charge >= 0.3 is 0 Å². The van der Waals surface area contributed by atoms with Crippen LogP contribution in [0.15, 0.2) is 54.0 Å². The Morgan fingerprint density at radius 2 is 2.14 bits per heavy atom. The van der Waals surface area contributed by atoms with Gasteiger partial charge in [-0.15, -0.1) is 6.58 Å². The van der Waals surface area contributed by atoms with Crippen molar-refractivity contribution in [3.8, 4) is 0 Å². The van der Waals surface area contributed by atoms with Gasteiger partial charge in [-0.3, -0.25) is 19.8 Å². The predicted molar refractivity (Wildman–Crippen MR) is 92.3 cm³/mol. The number of nitro benzene ring substituents is 1. The highest BCUT2D eigenvalue weighted by Crippen LogP contribution is 2.31. The molecule has 5 nitrogen and oxygen atoms in total. The number of allylic oxidation sites excluding steroid dienone is 2. The maximum absolute atomic E-state index is 12.1. The normalized spacial score (nSPS) is 16.7. The Morgan fingerprint density at radius 1 is 1.41 bits per heavy atom. The predicted octanol–water partition coefficient (Wildman–Crippen LogP) is 3.54. The lowest BCUT2D eigenvalue weighted by atomic mass is 10.1. The van der Waals surface area contributed by atoms with Crippen LogP contribution in [0, 0.1) is 10.1 Å². The molecule has 0 atom stereocenters. The second-order valence-corrected chi connectivity index (χ2v) is 5.95. The van der Waals surface area contributed by atoms with Crippen molar-refractivity contribution >= 4 is 46.0 Å². The summed E-state index contributed by atoms with van der Waals surface area (Å²) < 4.78 is 0.482. The van der Waals surface area contributed by atoms with Crippen LogP contribution in [0.3, 0.4) is 0 Å². The summed E-state index contributed by atoms with van der Waals surface area (Å²) in [4.78, 5) is 24.5. The van der Waals surface area contributed by atoms with E-state index in [2.05, 4.69) is 6.58 Å². The van der Waals surface area contributed by atoms with Crippen LogP contribution in [0.25, 0.3) is 6.08 Å². The SMILES string of the molecule is C=CCN1C(=O)/C(=C/C=C/c2ccccc2[N+](=O)[O-])SC1=S. The van der Waals surface area contributed by atoms with Crippen LogP contribution in [0.5, 0.6) is 0 Å². The molecule has 0 radical (unpaired) electrons. The highest BCUT2D eigenvalue weighted by molar-refractivity contribution is 8.26.